The van der Waals surface area contributed by atoms with Gasteiger partial charge in [-0.3, -0.25) is 4.79 Å². The maximum Gasteiger partial charge on any atom is 0.282 e. The number of piperazine rings is 2. The van der Waals surface area contributed by atoms with Crippen LogP contribution in [0.4, 0.5) is 0 Å². The highest BCUT2D eigenvalue weighted by Gasteiger charge is 2.36. The van der Waals surface area contributed by atoms with E-state index >= 15 is 0 Å². The highest BCUT2D eigenvalue weighted by molar-refractivity contribution is 7.86. The summed E-state index contributed by atoms with van der Waals surface area (Å²) in [5.74, 6) is 0.110. The zero-order valence-corrected chi connectivity index (χ0v) is 16.6. The van der Waals surface area contributed by atoms with E-state index in [4.69, 9.17) is 0 Å². The predicted molar refractivity (Wildman–Crippen MR) is 100 cm³/mol. The molecule has 0 saturated carbocycles. The highest BCUT2D eigenvalue weighted by atomic mass is 32.2. The lowest BCUT2D eigenvalue weighted by Gasteiger charge is -2.40. The summed E-state index contributed by atoms with van der Waals surface area (Å²) in [5.41, 5.74) is 1.18. The molecule has 0 N–H and O–H groups in total. The van der Waals surface area contributed by atoms with Gasteiger partial charge in [0.05, 0.1) is 12.2 Å². The lowest BCUT2D eigenvalue weighted by molar-refractivity contribution is -0.137. The second-order valence-corrected chi connectivity index (χ2v) is 9.64. The number of amides is 1. The number of fused-ring (bicyclic) bond motifs is 1. The van der Waals surface area contributed by atoms with E-state index in [1.807, 2.05) is 18.1 Å². The standard InChI is InChI=1S/C17H28N6O3S/c1-19-4-8-22(9-5-19)27(25,26)23-10-6-20(7-11-23)17(24)15-2-3-16-12-18-14-21(16)13-15/h12,14-15H,2-11,13H2,1H3. The van der Waals surface area contributed by atoms with Crippen LogP contribution in [0.1, 0.15) is 12.1 Å². The van der Waals surface area contributed by atoms with E-state index in [9.17, 15) is 13.2 Å². The molecule has 0 aliphatic carbocycles. The molecule has 3 aliphatic rings. The monoisotopic (exact) mass is 396 g/mol. The third-order valence-corrected chi connectivity index (χ3v) is 8.01. The van der Waals surface area contributed by atoms with E-state index < -0.39 is 10.2 Å². The molecule has 0 aromatic carbocycles. The maximum atomic E-state index is 12.9. The Hall–Kier alpha value is -1.49. The second kappa shape index (κ2) is 7.50. The Morgan fingerprint density at radius 3 is 2.33 bits per heavy atom. The van der Waals surface area contributed by atoms with Crippen LogP contribution in [-0.4, -0.2) is 102 Å². The Morgan fingerprint density at radius 1 is 1.04 bits per heavy atom. The number of rotatable bonds is 3. The first-order valence-corrected chi connectivity index (χ1v) is 11.1. The summed E-state index contributed by atoms with van der Waals surface area (Å²) in [7, 11) is -1.42. The molecule has 0 radical (unpaired) electrons. The molecule has 10 heteroatoms. The molecule has 1 aromatic heterocycles. The summed E-state index contributed by atoms with van der Waals surface area (Å²) < 4.78 is 30.9. The number of hydrogen-bond donors (Lipinski definition) is 0. The van der Waals surface area contributed by atoms with Crippen molar-refractivity contribution < 1.29 is 13.2 Å². The molecular weight excluding hydrogens is 368 g/mol. The van der Waals surface area contributed by atoms with E-state index in [0.717, 1.165) is 25.9 Å². The molecule has 1 aromatic rings. The summed E-state index contributed by atoms with van der Waals surface area (Å²) in [6.45, 7) is 4.96. The zero-order chi connectivity index (χ0) is 19.0. The van der Waals surface area contributed by atoms with Gasteiger partial charge in [0, 0.05) is 70.8 Å². The molecule has 0 bridgehead atoms. The van der Waals surface area contributed by atoms with Crippen LogP contribution in [0, 0.1) is 5.92 Å². The molecule has 4 rings (SSSR count). The molecule has 2 fully saturated rings. The highest BCUT2D eigenvalue weighted by Crippen LogP contribution is 2.23. The van der Waals surface area contributed by atoms with Crippen molar-refractivity contribution in [2.75, 3.05) is 59.4 Å². The average molecular weight is 397 g/mol. The fourth-order valence-corrected chi connectivity index (χ4v) is 5.73. The first kappa shape index (κ1) is 18.9. The van der Waals surface area contributed by atoms with Crippen LogP contribution in [0.15, 0.2) is 12.5 Å². The van der Waals surface area contributed by atoms with E-state index in [2.05, 4.69) is 14.5 Å². The summed E-state index contributed by atoms with van der Waals surface area (Å²) in [5, 5.41) is 0. The molecule has 1 amide bonds. The van der Waals surface area contributed by atoms with Gasteiger partial charge in [-0.05, 0) is 19.9 Å². The minimum absolute atomic E-state index is 0.0347. The Kier molecular flexibility index (Phi) is 5.23. The van der Waals surface area contributed by atoms with Crippen molar-refractivity contribution in [2.24, 2.45) is 5.92 Å². The zero-order valence-electron chi connectivity index (χ0n) is 15.8. The van der Waals surface area contributed by atoms with Crippen molar-refractivity contribution in [3.8, 4) is 0 Å². The van der Waals surface area contributed by atoms with Crippen LogP contribution in [-0.2, 0) is 28.0 Å². The summed E-state index contributed by atoms with van der Waals surface area (Å²) in [6.07, 6.45) is 5.36. The summed E-state index contributed by atoms with van der Waals surface area (Å²) in [6, 6.07) is 0. The van der Waals surface area contributed by atoms with Gasteiger partial charge in [-0.15, -0.1) is 0 Å². The van der Waals surface area contributed by atoms with Crippen molar-refractivity contribution in [3.05, 3.63) is 18.2 Å². The van der Waals surface area contributed by atoms with Crippen LogP contribution < -0.4 is 0 Å². The fourth-order valence-electron chi connectivity index (χ4n) is 4.15. The van der Waals surface area contributed by atoms with Crippen molar-refractivity contribution in [1.29, 1.82) is 0 Å². The number of carbonyl (C=O) groups is 1. The maximum absolute atomic E-state index is 12.9. The molecule has 150 valence electrons. The van der Waals surface area contributed by atoms with Crippen molar-refractivity contribution in [2.45, 2.75) is 19.4 Å². The number of aromatic nitrogens is 2. The molecule has 2 saturated heterocycles. The Balaban J connectivity index is 1.33. The number of likely N-dealkylation sites (N-methyl/N-ethyl adjacent to an activating group) is 1. The van der Waals surface area contributed by atoms with Gasteiger partial charge in [0.25, 0.3) is 10.2 Å². The molecule has 1 unspecified atom stereocenters. The van der Waals surface area contributed by atoms with Gasteiger partial charge in [-0.2, -0.15) is 17.0 Å². The number of hydrogen-bond acceptors (Lipinski definition) is 5. The van der Waals surface area contributed by atoms with E-state index in [0.29, 0.717) is 45.8 Å². The van der Waals surface area contributed by atoms with Crippen LogP contribution in [0.25, 0.3) is 0 Å². The quantitative estimate of drug-likeness (QED) is 0.660. The lowest BCUT2D eigenvalue weighted by Crippen LogP contribution is -2.57. The van der Waals surface area contributed by atoms with Crippen molar-refractivity contribution >= 4 is 16.1 Å². The number of nitrogens with zero attached hydrogens (tertiary/aromatic N) is 6. The van der Waals surface area contributed by atoms with Crippen LogP contribution in [0.3, 0.4) is 0 Å². The molecule has 9 nitrogen and oxygen atoms in total. The normalized spacial score (nSPS) is 26.1. The Morgan fingerprint density at radius 2 is 1.67 bits per heavy atom. The van der Waals surface area contributed by atoms with Crippen LogP contribution >= 0.6 is 0 Å². The van der Waals surface area contributed by atoms with E-state index in [1.165, 1.54) is 10.00 Å². The average Bonchev–Trinajstić information content (AvgIpc) is 3.15. The number of aryl methyl sites for hydroxylation is 1. The number of carbonyl (C=O) groups excluding carboxylic acids is 1. The predicted octanol–water partition coefficient (Wildman–Crippen LogP) is -0.918. The van der Waals surface area contributed by atoms with Gasteiger partial charge >= 0.3 is 0 Å². The SMILES string of the molecule is CN1CCN(S(=O)(=O)N2CCN(C(=O)C3CCc4cncn4C3)CC2)CC1. The third-order valence-electron chi connectivity index (χ3n) is 5.98. The van der Waals surface area contributed by atoms with Gasteiger partial charge in [-0.1, -0.05) is 0 Å². The molecule has 3 aliphatic heterocycles. The molecular formula is C17H28N6O3S. The smallest absolute Gasteiger partial charge is 0.282 e. The summed E-state index contributed by atoms with van der Waals surface area (Å²) in [4.78, 5) is 21.0. The lowest BCUT2D eigenvalue weighted by atomic mass is 9.96. The van der Waals surface area contributed by atoms with Gasteiger partial charge in [0.15, 0.2) is 0 Å². The molecule has 0 spiro atoms. The molecule has 4 heterocycles. The first-order chi connectivity index (χ1) is 12.9. The van der Waals surface area contributed by atoms with E-state index in [-0.39, 0.29) is 11.8 Å². The molecule has 27 heavy (non-hydrogen) atoms. The molecule has 1 atom stereocenters. The topological polar surface area (TPSA) is 82.0 Å². The Bertz CT molecular complexity index is 778. The van der Waals surface area contributed by atoms with Gasteiger partial charge < -0.3 is 14.4 Å². The summed E-state index contributed by atoms with van der Waals surface area (Å²) >= 11 is 0. The van der Waals surface area contributed by atoms with Gasteiger partial charge in [0.2, 0.25) is 5.91 Å². The van der Waals surface area contributed by atoms with E-state index in [1.54, 1.807) is 10.6 Å². The minimum Gasteiger partial charge on any atom is -0.340 e. The number of imidazole rings is 1. The first-order valence-electron chi connectivity index (χ1n) is 9.67. The van der Waals surface area contributed by atoms with Gasteiger partial charge in [0.1, 0.15) is 0 Å². The minimum atomic E-state index is -3.43. The van der Waals surface area contributed by atoms with Crippen LogP contribution in [0.2, 0.25) is 0 Å². The Labute approximate surface area is 160 Å². The van der Waals surface area contributed by atoms with Crippen molar-refractivity contribution in [1.82, 2.24) is 28.0 Å². The largest absolute Gasteiger partial charge is 0.340 e. The van der Waals surface area contributed by atoms with Gasteiger partial charge in [-0.25, -0.2) is 4.98 Å². The third kappa shape index (κ3) is 3.75. The van der Waals surface area contributed by atoms with Crippen molar-refractivity contribution in [3.63, 3.8) is 0 Å². The fraction of sp³-hybridized carbons (Fsp3) is 0.765. The van der Waals surface area contributed by atoms with Crippen LogP contribution in [0.5, 0.6) is 0 Å². The second-order valence-electron chi connectivity index (χ2n) is 7.71.